The van der Waals surface area contributed by atoms with E-state index in [0.29, 0.717) is 18.7 Å². The van der Waals surface area contributed by atoms with E-state index in [9.17, 15) is 4.79 Å². The molecule has 0 atom stereocenters. The van der Waals surface area contributed by atoms with Gasteiger partial charge in [0.15, 0.2) is 0 Å². The molecule has 1 fully saturated rings. The average molecular weight is 254 g/mol. The fraction of sp³-hybridized carbons (Fsp3) is 0.333. The first kappa shape index (κ1) is 11.8. The molecule has 4 nitrogen and oxygen atoms in total. The van der Waals surface area contributed by atoms with Crippen molar-refractivity contribution >= 4 is 16.9 Å². The second kappa shape index (κ2) is 4.77. The normalized spacial score (nSPS) is 16.5. The molecule has 3 rings (SSSR count). The smallest absolute Gasteiger partial charge is 0.253 e. The zero-order chi connectivity index (χ0) is 13.2. The standard InChI is InChI=1S/C15H14N2O2/c16-10-11-3-6-17(7-4-11)15(18)13-1-2-14-12(9-13)5-8-19-14/h1-2,5,8-9,11H,3-4,6-7H2. The third-order valence-corrected chi connectivity index (χ3v) is 3.66. The van der Waals surface area contributed by atoms with Gasteiger partial charge >= 0.3 is 0 Å². The number of carbonyl (C=O) groups is 1. The highest BCUT2D eigenvalue weighted by atomic mass is 16.3. The van der Waals surface area contributed by atoms with Crippen molar-refractivity contribution in [1.29, 1.82) is 5.26 Å². The predicted octanol–water partition coefficient (Wildman–Crippen LogP) is 2.81. The molecule has 1 aromatic carbocycles. The van der Waals surface area contributed by atoms with Gasteiger partial charge in [0, 0.05) is 30.0 Å². The summed E-state index contributed by atoms with van der Waals surface area (Å²) < 4.78 is 5.27. The fourth-order valence-corrected chi connectivity index (χ4v) is 2.49. The molecule has 1 aliphatic heterocycles. The maximum absolute atomic E-state index is 12.4. The Labute approximate surface area is 111 Å². The van der Waals surface area contributed by atoms with Gasteiger partial charge in [-0.05, 0) is 37.1 Å². The summed E-state index contributed by atoms with van der Waals surface area (Å²) in [7, 11) is 0. The summed E-state index contributed by atoms with van der Waals surface area (Å²) in [5, 5.41) is 9.81. The SMILES string of the molecule is N#CC1CCN(C(=O)c2ccc3occc3c2)CC1. The van der Waals surface area contributed by atoms with Gasteiger partial charge in [-0.2, -0.15) is 5.26 Å². The molecule has 96 valence electrons. The number of furan rings is 1. The van der Waals surface area contributed by atoms with Crippen LogP contribution in [0.1, 0.15) is 23.2 Å². The molecular formula is C15H14N2O2. The van der Waals surface area contributed by atoms with Crippen LogP contribution >= 0.6 is 0 Å². The highest BCUT2D eigenvalue weighted by Crippen LogP contribution is 2.21. The maximum Gasteiger partial charge on any atom is 0.253 e. The van der Waals surface area contributed by atoms with Crippen LogP contribution in [0.3, 0.4) is 0 Å². The number of rotatable bonds is 1. The molecule has 2 aromatic rings. The Kier molecular flexibility index (Phi) is 2.96. The van der Waals surface area contributed by atoms with Gasteiger partial charge in [-0.3, -0.25) is 4.79 Å². The molecule has 0 unspecified atom stereocenters. The zero-order valence-corrected chi connectivity index (χ0v) is 10.5. The van der Waals surface area contributed by atoms with E-state index in [-0.39, 0.29) is 11.8 Å². The molecule has 0 N–H and O–H groups in total. The molecule has 0 spiro atoms. The Morgan fingerprint density at radius 1 is 1.32 bits per heavy atom. The summed E-state index contributed by atoms with van der Waals surface area (Å²) in [4.78, 5) is 14.2. The van der Waals surface area contributed by atoms with E-state index in [1.54, 1.807) is 12.3 Å². The largest absolute Gasteiger partial charge is 0.464 e. The highest BCUT2D eigenvalue weighted by Gasteiger charge is 2.23. The van der Waals surface area contributed by atoms with E-state index >= 15 is 0 Å². The minimum absolute atomic E-state index is 0.0412. The van der Waals surface area contributed by atoms with Gasteiger partial charge < -0.3 is 9.32 Å². The number of hydrogen-bond acceptors (Lipinski definition) is 3. The Morgan fingerprint density at radius 2 is 2.11 bits per heavy atom. The number of piperidine rings is 1. The van der Waals surface area contributed by atoms with Crippen LogP contribution in [0, 0.1) is 17.2 Å². The highest BCUT2D eigenvalue weighted by molar-refractivity contribution is 5.97. The van der Waals surface area contributed by atoms with Crippen LogP contribution in [0.25, 0.3) is 11.0 Å². The summed E-state index contributed by atoms with van der Waals surface area (Å²) in [5.74, 6) is 0.139. The minimum atomic E-state index is 0.0412. The first-order valence-corrected chi connectivity index (χ1v) is 6.44. The number of nitriles is 1. The van der Waals surface area contributed by atoms with Gasteiger partial charge in [-0.25, -0.2) is 0 Å². The van der Waals surface area contributed by atoms with E-state index in [4.69, 9.17) is 9.68 Å². The maximum atomic E-state index is 12.4. The first-order valence-electron chi connectivity index (χ1n) is 6.44. The van der Waals surface area contributed by atoms with Crippen molar-refractivity contribution in [1.82, 2.24) is 4.90 Å². The third kappa shape index (κ3) is 2.19. The number of carbonyl (C=O) groups excluding carboxylic acids is 1. The van der Waals surface area contributed by atoms with Gasteiger partial charge in [0.05, 0.1) is 12.3 Å². The number of likely N-dealkylation sites (tertiary alicyclic amines) is 1. The quantitative estimate of drug-likeness (QED) is 0.786. The summed E-state index contributed by atoms with van der Waals surface area (Å²) in [6.45, 7) is 1.33. The first-order chi connectivity index (χ1) is 9.28. The number of benzene rings is 1. The number of hydrogen-bond donors (Lipinski definition) is 0. The van der Waals surface area contributed by atoms with Gasteiger partial charge in [0.25, 0.3) is 5.91 Å². The van der Waals surface area contributed by atoms with Crippen LogP contribution in [0.15, 0.2) is 34.9 Å². The van der Waals surface area contributed by atoms with Crippen LogP contribution in [0.4, 0.5) is 0 Å². The van der Waals surface area contributed by atoms with Crippen molar-refractivity contribution < 1.29 is 9.21 Å². The molecule has 0 aliphatic carbocycles. The molecule has 2 heterocycles. The van der Waals surface area contributed by atoms with Crippen molar-refractivity contribution in [2.45, 2.75) is 12.8 Å². The summed E-state index contributed by atoms with van der Waals surface area (Å²) in [6.07, 6.45) is 3.17. The molecule has 4 heteroatoms. The zero-order valence-electron chi connectivity index (χ0n) is 10.5. The lowest BCUT2D eigenvalue weighted by molar-refractivity contribution is 0.0707. The van der Waals surface area contributed by atoms with Gasteiger partial charge in [0.2, 0.25) is 0 Å². The van der Waals surface area contributed by atoms with E-state index in [1.807, 2.05) is 23.1 Å². The monoisotopic (exact) mass is 254 g/mol. The van der Waals surface area contributed by atoms with E-state index in [2.05, 4.69) is 6.07 Å². The van der Waals surface area contributed by atoms with Crippen LogP contribution in [-0.2, 0) is 0 Å². The van der Waals surface area contributed by atoms with Crippen LogP contribution < -0.4 is 0 Å². The molecule has 0 bridgehead atoms. The van der Waals surface area contributed by atoms with Crippen molar-refractivity contribution in [2.75, 3.05) is 13.1 Å². The van der Waals surface area contributed by atoms with Gasteiger partial charge in [-0.15, -0.1) is 0 Å². The lowest BCUT2D eigenvalue weighted by Crippen LogP contribution is -2.38. The minimum Gasteiger partial charge on any atom is -0.464 e. The lowest BCUT2D eigenvalue weighted by atomic mass is 9.98. The van der Waals surface area contributed by atoms with Crippen LogP contribution in [0.5, 0.6) is 0 Å². The average Bonchev–Trinajstić information content (AvgIpc) is 2.94. The topological polar surface area (TPSA) is 57.2 Å². The Morgan fingerprint density at radius 3 is 2.84 bits per heavy atom. The molecule has 0 saturated carbocycles. The summed E-state index contributed by atoms with van der Waals surface area (Å²) in [5.41, 5.74) is 1.48. The Hall–Kier alpha value is -2.28. The van der Waals surface area contributed by atoms with Crippen LogP contribution in [0.2, 0.25) is 0 Å². The Bertz CT molecular complexity index is 645. The number of fused-ring (bicyclic) bond motifs is 1. The van der Waals surface area contributed by atoms with Gasteiger partial charge in [0.1, 0.15) is 5.58 Å². The van der Waals surface area contributed by atoms with Crippen molar-refractivity contribution in [3.8, 4) is 6.07 Å². The fourth-order valence-electron chi connectivity index (χ4n) is 2.49. The van der Waals surface area contributed by atoms with Crippen molar-refractivity contribution in [2.24, 2.45) is 5.92 Å². The molecule has 1 aromatic heterocycles. The number of nitrogens with zero attached hydrogens (tertiary/aromatic N) is 2. The van der Waals surface area contributed by atoms with E-state index < -0.39 is 0 Å². The Balaban J connectivity index is 1.78. The lowest BCUT2D eigenvalue weighted by Gasteiger charge is -2.29. The summed E-state index contributed by atoms with van der Waals surface area (Å²) >= 11 is 0. The third-order valence-electron chi connectivity index (χ3n) is 3.66. The van der Waals surface area contributed by atoms with E-state index in [1.165, 1.54) is 0 Å². The van der Waals surface area contributed by atoms with Crippen LogP contribution in [-0.4, -0.2) is 23.9 Å². The van der Waals surface area contributed by atoms with E-state index in [0.717, 1.165) is 23.8 Å². The number of amides is 1. The second-order valence-corrected chi connectivity index (χ2v) is 4.87. The second-order valence-electron chi connectivity index (χ2n) is 4.87. The predicted molar refractivity (Wildman–Crippen MR) is 70.5 cm³/mol. The molecule has 19 heavy (non-hydrogen) atoms. The molecule has 1 amide bonds. The molecule has 0 radical (unpaired) electrons. The molecular weight excluding hydrogens is 240 g/mol. The van der Waals surface area contributed by atoms with Crippen molar-refractivity contribution in [3.63, 3.8) is 0 Å². The summed E-state index contributed by atoms with van der Waals surface area (Å²) in [6, 6.07) is 9.61. The molecule has 1 saturated heterocycles. The van der Waals surface area contributed by atoms with Crippen molar-refractivity contribution in [3.05, 3.63) is 36.1 Å². The van der Waals surface area contributed by atoms with Gasteiger partial charge in [-0.1, -0.05) is 0 Å². The molecule has 1 aliphatic rings.